The predicted octanol–water partition coefficient (Wildman–Crippen LogP) is 0.357. The van der Waals surface area contributed by atoms with Crippen LogP contribution in [0.15, 0.2) is 0 Å². The molecular weight excluding hydrogens is 260 g/mol. The summed E-state index contributed by atoms with van der Waals surface area (Å²) in [5, 5.41) is 22.0. The number of carbonyl (C=O) groups excluding carboxylic acids is 1. The van der Waals surface area contributed by atoms with Crippen LogP contribution in [0.1, 0.15) is 19.3 Å². The third-order valence-corrected chi connectivity index (χ3v) is 2.71. The van der Waals surface area contributed by atoms with Gasteiger partial charge in [0.1, 0.15) is 6.04 Å². The Labute approximate surface area is 109 Å². The number of carbonyl (C=O) groups is 3. The molecular formula is C10H18N2O5S. The van der Waals surface area contributed by atoms with Gasteiger partial charge in [-0.1, -0.05) is 0 Å². The first-order valence-corrected chi connectivity index (χ1v) is 6.84. The lowest BCUT2D eigenvalue weighted by Crippen LogP contribution is -2.46. The van der Waals surface area contributed by atoms with Crippen molar-refractivity contribution < 1.29 is 24.6 Å². The Balaban J connectivity index is 3.87. The minimum absolute atomic E-state index is 0.0326. The highest BCUT2D eigenvalue weighted by Gasteiger charge is 2.18. The molecule has 0 aromatic carbocycles. The average molecular weight is 278 g/mol. The largest absolute Gasteiger partial charge is 0.481 e. The number of hydrogen-bond donors (Lipinski definition) is 4. The van der Waals surface area contributed by atoms with E-state index in [4.69, 9.17) is 10.2 Å². The number of aliphatic carboxylic acids is 2. The number of hydrogen-bond acceptors (Lipinski definition) is 4. The molecule has 18 heavy (non-hydrogen) atoms. The number of rotatable bonds is 9. The second-order valence-corrected chi connectivity index (χ2v) is 4.56. The summed E-state index contributed by atoms with van der Waals surface area (Å²) >= 11 is 1.50. The van der Waals surface area contributed by atoms with Crippen LogP contribution < -0.4 is 10.6 Å². The van der Waals surface area contributed by atoms with E-state index in [1.54, 1.807) is 0 Å². The maximum atomic E-state index is 11.3. The molecule has 0 aromatic rings. The van der Waals surface area contributed by atoms with Crippen LogP contribution in [-0.2, 0) is 9.59 Å². The SMILES string of the molecule is CSCC[C@H](NC(=O)NCCCC(=O)O)C(=O)O. The van der Waals surface area contributed by atoms with E-state index in [0.29, 0.717) is 18.6 Å². The van der Waals surface area contributed by atoms with E-state index in [1.165, 1.54) is 11.8 Å². The van der Waals surface area contributed by atoms with Crippen molar-refractivity contribution in [2.45, 2.75) is 25.3 Å². The summed E-state index contributed by atoms with van der Waals surface area (Å²) in [5.41, 5.74) is 0. The normalized spacial score (nSPS) is 11.6. The Morgan fingerprint density at radius 3 is 2.44 bits per heavy atom. The molecule has 2 amide bonds. The lowest BCUT2D eigenvalue weighted by molar-refractivity contribution is -0.139. The first kappa shape index (κ1) is 16.6. The molecule has 0 spiro atoms. The molecule has 0 unspecified atom stereocenters. The van der Waals surface area contributed by atoms with Gasteiger partial charge in [-0.25, -0.2) is 9.59 Å². The zero-order valence-electron chi connectivity index (χ0n) is 10.1. The molecule has 0 heterocycles. The van der Waals surface area contributed by atoms with Gasteiger partial charge in [0.05, 0.1) is 0 Å². The predicted molar refractivity (Wildman–Crippen MR) is 67.8 cm³/mol. The molecule has 4 N–H and O–H groups in total. The molecule has 0 radical (unpaired) electrons. The molecule has 0 aliphatic rings. The number of amides is 2. The van der Waals surface area contributed by atoms with Crippen LogP contribution in [0.2, 0.25) is 0 Å². The van der Waals surface area contributed by atoms with Gasteiger partial charge in [-0.3, -0.25) is 4.79 Å². The number of carboxylic acids is 2. The highest BCUT2D eigenvalue weighted by molar-refractivity contribution is 7.98. The van der Waals surface area contributed by atoms with E-state index in [1.807, 2.05) is 6.26 Å². The molecule has 0 aliphatic carbocycles. The Hall–Kier alpha value is -1.44. The fourth-order valence-corrected chi connectivity index (χ4v) is 1.62. The highest BCUT2D eigenvalue weighted by Crippen LogP contribution is 2.00. The third-order valence-electron chi connectivity index (χ3n) is 2.07. The van der Waals surface area contributed by atoms with Crippen LogP contribution in [0.4, 0.5) is 4.79 Å². The molecule has 0 saturated heterocycles. The van der Waals surface area contributed by atoms with Crippen LogP contribution in [0, 0.1) is 0 Å². The van der Waals surface area contributed by atoms with Gasteiger partial charge in [-0.15, -0.1) is 0 Å². The monoisotopic (exact) mass is 278 g/mol. The lowest BCUT2D eigenvalue weighted by atomic mass is 10.2. The van der Waals surface area contributed by atoms with Gasteiger partial charge in [-0.2, -0.15) is 11.8 Å². The highest BCUT2D eigenvalue weighted by atomic mass is 32.2. The van der Waals surface area contributed by atoms with E-state index in [-0.39, 0.29) is 13.0 Å². The third kappa shape index (κ3) is 8.68. The van der Waals surface area contributed by atoms with Gasteiger partial charge in [0.2, 0.25) is 0 Å². The van der Waals surface area contributed by atoms with Gasteiger partial charge < -0.3 is 20.8 Å². The second kappa shape index (κ2) is 9.58. The minimum atomic E-state index is -1.08. The van der Waals surface area contributed by atoms with E-state index in [2.05, 4.69) is 10.6 Å². The maximum Gasteiger partial charge on any atom is 0.326 e. The van der Waals surface area contributed by atoms with Crippen molar-refractivity contribution in [2.75, 3.05) is 18.6 Å². The van der Waals surface area contributed by atoms with Gasteiger partial charge in [-0.05, 0) is 24.9 Å². The van der Waals surface area contributed by atoms with Gasteiger partial charge in [0.25, 0.3) is 0 Å². The Morgan fingerprint density at radius 2 is 1.94 bits per heavy atom. The standard InChI is InChI=1S/C10H18N2O5S/c1-18-6-4-7(9(15)16)12-10(17)11-5-2-3-8(13)14/h7H,2-6H2,1H3,(H,13,14)(H,15,16)(H2,11,12,17)/t7-/m0/s1. The minimum Gasteiger partial charge on any atom is -0.481 e. The van der Waals surface area contributed by atoms with Crippen molar-refractivity contribution in [3.05, 3.63) is 0 Å². The quantitative estimate of drug-likeness (QED) is 0.452. The summed E-state index contributed by atoms with van der Waals surface area (Å²) in [6.45, 7) is 0.201. The fraction of sp³-hybridized carbons (Fsp3) is 0.700. The molecule has 104 valence electrons. The Kier molecular flexibility index (Phi) is 8.81. The van der Waals surface area contributed by atoms with Crippen LogP contribution in [0.5, 0.6) is 0 Å². The van der Waals surface area contributed by atoms with Gasteiger partial charge >= 0.3 is 18.0 Å². The molecule has 0 aliphatic heterocycles. The zero-order valence-corrected chi connectivity index (χ0v) is 11.0. The van der Waals surface area contributed by atoms with Crippen molar-refractivity contribution in [1.29, 1.82) is 0 Å². The summed E-state index contributed by atoms with van der Waals surface area (Å²) in [5.74, 6) is -1.37. The van der Waals surface area contributed by atoms with Crippen LogP contribution in [-0.4, -0.2) is 52.8 Å². The second-order valence-electron chi connectivity index (χ2n) is 3.57. The van der Waals surface area contributed by atoms with Crippen molar-refractivity contribution in [2.24, 2.45) is 0 Å². The van der Waals surface area contributed by atoms with Gasteiger partial charge in [0, 0.05) is 13.0 Å². The number of thioether (sulfide) groups is 1. The molecule has 0 bridgehead atoms. The topological polar surface area (TPSA) is 116 Å². The smallest absolute Gasteiger partial charge is 0.326 e. The van der Waals surface area contributed by atoms with Crippen LogP contribution in [0.25, 0.3) is 0 Å². The van der Waals surface area contributed by atoms with E-state index >= 15 is 0 Å². The lowest BCUT2D eigenvalue weighted by Gasteiger charge is -2.14. The molecule has 7 nitrogen and oxygen atoms in total. The Bertz CT molecular complexity index is 298. The Morgan fingerprint density at radius 1 is 1.28 bits per heavy atom. The van der Waals surface area contributed by atoms with Crippen molar-refractivity contribution >= 4 is 29.7 Å². The first-order chi connectivity index (χ1) is 8.47. The molecule has 0 saturated carbocycles. The number of urea groups is 1. The summed E-state index contributed by atoms with van der Waals surface area (Å²) in [6.07, 6.45) is 2.48. The summed E-state index contributed by atoms with van der Waals surface area (Å²) in [4.78, 5) is 32.4. The van der Waals surface area contributed by atoms with Crippen molar-refractivity contribution in [3.8, 4) is 0 Å². The first-order valence-electron chi connectivity index (χ1n) is 5.45. The molecule has 0 rings (SSSR count). The number of carboxylic acid groups (broad SMARTS) is 2. The van der Waals surface area contributed by atoms with Crippen LogP contribution in [0.3, 0.4) is 0 Å². The van der Waals surface area contributed by atoms with Crippen LogP contribution >= 0.6 is 11.8 Å². The molecule has 0 aromatic heterocycles. The fourth-order valence-electron chi connectivity index (χ4n) is 1.14. The van der Waals surface area contributed by atoms with E-state index in [9.17, 15) is 14.4 Å². The van der Waals surface area contributed by atoms with Gasteiger partial charge in [0.15, 0.2) is 0 Å². The molecule has 8 heteroatoms. The average Bonchev–Trinajstić information content (AvgIpc) is 2.29. The summed E-state index contributed by atoms with van der Waals surface area (Å²) in [7, 11) is 0. The van der Waals surface area contributed by atoms with Crippen molar-refractivity contribution in [1.82, 2.24) is 10.6 Å². The number of nitrogens with one attached hydrogen (secondary N) is 2. The van der Waals surface area contributed by atoms with Crippen molar-refractivity contribution in [3.63, 3.8) is 0 Å². The molecule has 1 atom stereocenters. The summed E-state index contributed by atoms with van der Waals surface area (Å²) in [6, 6.07) is -1.51. The zero-order chi connectivity index (χ0) is 14.0. The van der Waals surface area contributed by atoms with E-state index in [0.717, 1.165) is 0 Å². The maximum absolute atomic E-state index is 11.3. The summed E-state index contributed by atoms with van der Waals surface area (Å²) < 4.78 is 0. The molecule has 0 fully saturated rings. The van der Waals surface area contributed by atoms with E-state index < -0.39 is 24.0 Å².